The number of nitrogens with zero attached hydrogens (tertiary/aromatic N) is 2. The van der Waals surface area contributed by atoms with Crippen molar-refractivity contribution in [2.24, 2.45) is 5.92 Å². The van der Waals surface area contributed by atoms with Crippen LogP contribution in [0, 0.1) is 11.7 Å². The number of piperidine rings is 1. The molecule has 10 heteroatoms. The van der Waals surface area contributed by atoms with Crippen LogP contribution in [-0.4, -0.2) is 60.3 Å². The second kappa shape index (κ2) is 12.5. The summed E-state index contributed by atoms with van der Waals surface area (Å²) in [7, 11) is 1.63. The molecule has 2 N–H and O–H groups in total. The highest BCUT2D eigenvalue weighted by atomic mass is 35.5. The number of Topliss-reactive ketones (excluding diaryl/α,β-unsaturated/α-hetero) is 2. The van der Waals surface area contributed by atoms with Crippen molar-refractivity contribution in [3.63, 3.8) is 0 Å². The molecule has 5 rings (SSSR count). The summed E-state index contributed by atoms with van der Waals surface area (Å²) in [5, 5.41) is 7.01. The lowest BCUT2D eigenvalue weighted by molar-refractivity contribution is 0.0875. The number of rotatable bonds is 7. The van der Waals surface area contributed by atoms with Crippen LogP contribution in [0.2, 0.25) is 5.02 Å². The number of hydrogen-bond acceptors (Lipinski definition) is 7. The minimum Gasteiger partial charge on any atom is -0.410 e. The predicted molar refractivity (Wildman–Crippen MR) is 153 cm³/mol. The average Bonchev–Trinajstić information content (AvgIpc) is 3.47. The fourth-order valence-electron chi connectivity index (χ4n) is 5.76. The Morgan fingerprint density at radius 1 is 1.07 bits per heavy atom. The van der Waals surface area contributed by atoms with Gasteiger partial charge in [-0.15, -0.1) is 0 Å². The van der Waals surface area contributed by atoms with Gasteiger partial charge in [0.2, 0.25) is 0 Å². The second-order valence-electron chi connectivity index (χ2n) is 10.6. The minimum atomic E-state index is -0.611. The highest BCUT2D eigenvalue weighted by Gasteiger charge is 2.39. The summed E-state index contributed by atoms with van der Waals surface area (Å²) in [6, 6.07) is 13.8. The first-order valence-electron chi connectivity index (χ1n) is 13.7. The molecule has 1 amide bonds. The molecule has 2 aromatic carbocycles. The van der Waals surface area contributed by atoms with E-state index in [0.717, 1.165) is 5.69 Å². The van der Waals surface area contributed by atoms with Gasteiger partial charge >= 0.3 is 6.09 Å². The first-order valence-corrected chi connectivity index (χ1v) is 14.0. The highest BCUT2D eigenvalue weighted by molar-refractivity contribution is 6.34. The van der Waals surface area contributed by atoms with E-state index in [9.17, 15) is 18.8 Å². The highest BCUT2D eigenvalue weighted by Crippen LogP contribution is 2.37. The van der Waals surface area contributed by atoms with Crippen LogP contribution in [0.5, 0.6) is 5.75 Å². The van der Waals surface area contributed by atoms with Gasteiger partial charge < -0.3 is 20.3 Å². The van der Waals surface area contributed by atoms with Gasteiger partial charge in [0.05, 0.1) is 22.8 Å². The number of likely N-dealkylation sites (N-methyl/N-ethyl adjacent to an activating group) is 1. The van der Waals surface area contributed by atoms with E-state index in [0.29, 0.717) is 49.2 Å². The van der Waals surface area contributed by atoms with Crippen LogP contribution < -0.4 is 15.4 Å². The Balaban J connectivity index is 1.44. The molecule has 0 saturated carbocycles. The van der Waals surface area contributed by atoms with E-state index >= 15 is 0 Å². The Morgan fingerprint density at radius 3 is 2.56 bits per heavy atom. The fourth-order valence-corrected chi connectivity index (χ4v) is 6.06. The molecule has 1 aromatic heterocycles. The van der Waals surface area contributed by atoms with Gasteiger partial charge in [-0.05, 0) is 80.4 Å². The van der Waals surface area contributed by atoms with Crippen molar-refractivity contribution < 1.29 is 23.5 Å². The average molecular weight is 579 g/mol. The molecular weight excluding hydrogens is 547 g/mol. The lowest BCUT2D eigenvalue weighted by atomic mass is 9.80. The van der Waals surface area contributed by atoms with Gasteiger partial charge in [0.1, 0.15) is 11.6 Å². The van der Waals surface area contributed by atoms with Crippen molar-refractivity contribution in [3.05, 3.63) is 94.0 Å². The molecule has 2 unspecified atom stereocenters. The summed E-state index contributed by atoms with van der Waals surface area (Å²) in [6.45, 7) is 3.05. The standard InChI is InChI=1S/C31H32ClFN4O4/c1-18(38)22-14-23(25-16-34-17-29(25)37(2)31(40)41-21-8-6-20(33)7-9-21)24(15-26(22)32)30(39)19-10-12-36-28(13-19)27-5-3-4-11-35-27/h3-9,11,14-15,19,25,28-29,34,36H,10,12-13,16-17H2,1-2H3/t19?,25-,28?,29+/m0/s1. The smallest absolute Gasteiger partial charge is 0.410 e. The largest absolute Gasteiger partial charge is 0.415 e. The van der Waals surface area contributed by atoms with E-state index in [2.05, 4.69) is 15.6 Å². The summed E-state index contributed by atoms with van der Waals surface area (Å²) in [5.74, 6) is -1.03. The third-order valence-corrected chi connectivity index (χ3v) is 8.30. The Kier molecular flexibility index (Phi) is 8.77. The first kappa shape index (κ1) is 28.9. The number of ether oxygens (including phenoxy) is 1. The lowest BCUT2D eigenvalue weighted by Gasteiger charge is -2.32. The van der Waals surface area contributed by atoms with Crippen molar-refractivity contribution in [1.82, 2.24) is 20.5 Å². The molecular formula is C31H32ClFN4O4. The van der Waals surface area contributed by atoms with Crippen LogP contribution in [0.3, 0.4) is 0 Å². The monoisotopic (exact) mass is 578 g/mol. The van der Waals surface area contributed by atoms with E-state index in [1.807, 2.05) is 18.2 Å². The van der Waals surface area contributed by atoms with Crippen LogP contribution in [0.4, 0.5) is 9.18 Å². The number of benzene rings is 2. The van der Waals surface area contributed by atoms with Crippen molar-refractivity contribution in [3.8, 4) is 5.75 Å². The maximum Gasteiger partial charge on any atom is 0.415 e. The van der Waals surface area contributed by atoms with E-state index in [1.54, 1.807) is 25.4 Å². The topological polar surface area (TPSA) is 101 Å². The van der Waals surface area contributed by atoms with Gasteiger partial charge in [0.25, 0.3) is 0 Å². The van der Waals surface area contributed by atoms with Crippen molar-refractivity contribution in [1.29, 1.82) is 0 Å². The molecule has 2 fully saturated rings. The van der Waals surface area contributed by atoms with Gasteiger partial charge in [-0.25, -0.2) is 9.18 Å². The normalized spacial score (nSPS) is 22.2. The Labute approximate surface area is 243 Å². The number of carbonyl (C=O) groups excluding carboxylic acids is 3. The van der Waals surface area contributed by atoms with Gasteiger partial charge in [-0.1, -0.05) is 17.7 Å². The number of aromatic nitrogens is 1. The molecule has 41 heavy (non-hydrogen) atoms. The SMILES string of the molecule is CC(=O)c1cc([C@@H]2CNC[C@H]2N(C)C(=O)Oc2ccc(F)cc2)c(C(=O)C2CCNC(c3ccccn3)C2)cc1Cl. The van der Waals surface area contributed by atoms with E-state index < -0.39 is 11.9 Å². The number of amides is 1. The van der Waals surface area contributed by atoms with Crippen LogP contribution in [-0.2, 0) is 0 Å². The van der Waals surface area contributed by atoms with Gasteiger partial charge in [-0.3, -0.25) is 14.6 Å². The van der Waals surface area contributed by atoms with E-state index in [-0.39, 0.29) is 46.3 Å². The minimum absolute atomic E-state index is 0.0402. The maximum absolute atomic E-state index is 14.1. The molecule has 214 valence electrons. The lowest BCUT2D eigenvalue weighted by Crippen LogP contribution is -2.43. The number of carbonyl (C=O) groups is 3. The summed E-state index contributed by atoms with van der Waals surface area (Å²) >= 11 is 6.54. The van der Waals surface area contributed by atoms with Crippen LogP contribution in [0.25, 0.3) is 0 Å². The zero-order chi connectivity index (χ0) is 29.1. The molecule has 8 nitrogen and oxygen atoms in total. The molecule has 2 aliphatic heterocycles. The third kappa shape index (κ3) is 6.32. The first-order chi connectivity index (χ1) is 19.7. The van der Waals surface area contributed by atoms with Crippen LogP contribution >= 0.6 is 11.6 Å². The molecule has 3 aromatic rings. The predicted octanol–water partition coefficient (Wildman–Crippen LogP) is 5.19. The number of halogens is 2. The number of hydrogen-bond donors (Lipinski definition) is 2. The molecule has 2 saturated heterocycles. The number of pyridine rings is 1. The van der Waals surface area contributed by atoms with Gasteiger partial charge in [0.15, 0.2) is 11.6 Å². The van der Waals surface area contributed by atoms with Crippen LogP contribution in [0.1, 0.15) is 63.7 Å². The van der Waals surface area contributed by atoms with Gasteiger partial charge in [0, 0.05) is 49.3 Å². The fraction of sp³-hybridized carbons (Fsp3) is 0.355. The van der Waals surface area contributed by atoms with Crippen molar-refractivity contribution in [2.75, 3.05) is 26.7 Å². The maximum atomic E-state index is 14.1. The molecule has 0 aliphatic carbocycles. The van der Waals surface area contributed by atoms with E-state index in [4.69, 9.17) is 16.3 Å². The molecule has 2 aliphatic rings. The summed E-state index contributed by atoms with van der Waals surface area (Å²) in [4.78, 5) is 45.6. The molecule has 3 heterocycles. The zero-order valence-electron chi connectivity index (χ0n) is 22.9. The number of nitrogens with one attached hydrogen (secondary N) is 2. The Bertz CT molecular complexity index is 1440. The summed E-state index contributed by atoms with van der Waals surface area (Å²) in [6.07, 6.45) is 2.37. The van der Waals surface area contributed by atoms with Crippen molar-refractivity contribution >= 4 is 29.3 Å². The summed E-state index contributed by atoms with van der Waals surface area (Å²) in [5.41, 5.74) is 2.35. The number of ketones is 2. The molecule has 0 radical (unpaired) electrons. The Morgan fingerprint density at radius 2 is 1.85 bits per heavy atom. The molecule has 0 spiro atoms. The Hall–Kier alpha value is -3.66. The quantitative estimate of drug-likeness (QED) is 0.372. The third-order valence-electron chi connectivity index (χ3n) is 7.99. The van der Waals surface area contributed by atoms with Gasteiger partial charge in [-0.2, -0.15) is 0 Å². The van der Waals surface area contributed by atoms with Crippen LogP contribution in [0.15, 0.2) is 60.8 Å². The molecule has 0 bridgehead atoms. The molecule has 4 atom stereocenters. The summed E-state index contributed by atoms with van der Waals surface area (Å²) < 4.78 is 18.8. The second-order valence-corrected chi connectivity index (χ2v) is 11.0. The van der Waals surface area contributed by atoms with E-state index in [1.165, 1.54) is 36.1 Å². The van der Waals surface area contributed by atoms with Crippen molar-refractivity contribution in [2.45, 2.75) is 37.8 Å². The zero-order valence-corrected chi connectivity index (χ0v) is 23.7.